The highest BCUT2D eigenvalue weighted by Crippen LogP contribution is 2.36. The van der Waals surface area contributed by atoms with E-state index in [0.29, 0.717) is 32.4 Å². The molecule has 0 aliphatic carbocycles. The van der Waals surface area contributed by atoms with Crippen molar-refractivity contribution in [2.75, 3.05) is 25.1 Å². The highest BCUT2D eigenvalue weighted by molar-refractivity contribution is 7.98. The fraction of sp³-hybridized carbons (Fsp3) is 0.500. The third-order valence-electron chi connectivity index (χ3n) is 4.23. The second-order valence-corrected chi connectivity index (χ2v) is 6.36. The van der Waals surface area contributed by atoms with Crippen LogP contribution in [0.3, 0.4) is 0 Å². The van der Waals surface area contributed by atoms with Gasteiger partial charge in [0.1, 0.15) is 0 Å². The number of rotatable bonds is 5. The Balaban J connectivity index is 2.09. The molecule has 0 radical (unpaired) electrons. The van der Waals surface area contributed by atoms with Gasteiger partial charge in [0.15, 0.2) is 0 Å². The van der Waals surface area contributed by atoms with Gasteiger partial charge in [0.25, 0.3) is 0 Å². The second-order valence-electron chi connectivity index (χ2n) is 5.38. The molecule has 21 heavy (non-hydrogen) atoms. The first-order valence-electron chi connectivity index (χ1n) is 7.16. The Bertz CT molecular complexity index is 496. The number of carboxylic acids is 1. The molecule has 114 valence electrons. The molecule has 1 amide bonds. The van der Waals surface area contributed by atoms with Crippen LogP contribution >= 0.6 is 11.8 Å². The van der Waals surface area contributed by atoms with Crippen molar-refractivity contribution in [2.24, 2.45) is 0 Å². The average molecular weight is 307 g/mol. The van der Waals surface area contributed by atoms with E-state index in [1.807, 2.05) is 36.6 Å². The van der Waals surface area contributed by atoms with Crippen LogP contribution in [0.2, 0.25) is 0 Å². The molecule has 1 saturated heterocycles. The number of piperidine rings is 1. The molecular weight excluding hydrogens is 286 g/mol. The molecule has 5 heteroatoms. The Kier molecular flexibility index (Phi) is 5.28. The van der Waals surface area contributed by atoms with Crippen LogP contribution in [0.4, 0.5) is 0 Å². The van der Waals surface area contributed by atoms with Crippen molar-refractivity contribution in [3.05, 3.63) is 35.9 Å². The number of carbonyl (C=O) groups is 2. The number of carboxylic acid groups (broad SMARTS) is 1. The normalized spacial score (nSPS) is 17.5. The summed E-state index contributed by atoms with van der Waals surface area (Å²) < 4.78 is 0. The number of hydrogen-bond donors (Lipinski definition) is 1. The first-order chi connectivity index (χ1) is 10.1. The summed E-state index contributed by atoms with van der Waals surface area (Å²) in [5.41, 5.74) is -0.00826. The molecule has 0 spiro atoms. The maximum absolute atomic E-state index is 12.0. The van der Waals surface area contributed by atoms with Gasteiger partial charge >= 0.3 is 5.97 Å². The Labute approximate surface area is 129 Å². The molecule has 0 atom stereocenters. The van der Waals surface area contributed by atoms with E-state index in [-0.39, 0.29) is 5.91 Å². The predicted octanol–water partition coefficient (Wildman–Crippen LogP) is 2.38. The zero-order valence-corrected chi connectivity index (χ0v) is 13.1. The van der Waals surface area contributed by atoms with Crippen molar-refractivity contribution in [3.8, 4) is 0 Å². The molecule has 1 N–H and O–H groups in total. The Morgan fingerprint density at radius 2 is 1.86 bits per heavy atom. The largest absolute Gasteiger partial charge is 0.481 e. The van der Waals surface area contributed by atoms with Crippen molar-refractivity contribution in [2.45, 2.75) is 24.7 Å². The first kappa shape index (κ1) is 15.9. The third kappa shape index (κ3) is 3.40. The lowest BCUT2D eigenvalue weighted by atomic mass is 9.73. The Morgan fingerprint density at radius 1 is 1.24 bits per heavy atom. The van der Waals surface area contributed by atoms with Crippen molar-refractivity contribution in [1.82, 2.24) is 4.90 Å². The van der Waals surface area contributed by atoms with Crippen molar-refractivity contribution in [3.63, 3.8) is 0 Å². The molecule has 0 bridgehead atoms. The standard InChI is InChI=1S/C16H21NO3S/c1-21-12-7-14(18)17-10-8-16(9-11-17,15(19)20)13-5-3-2-4-6-13/h2-6H,7-12H2,1H3,(H,19,20). The minimum absolute atomic E-state index is 0.136. The lowest BCUT2D eigenvalue weighted by Crippen LogP contribution is -2.49. The number of likely N-dealkylation sites (tertiary alicyclic amines) is 1. The summed E-state index contributed by atoms with van der Waals surface area (Å²) in [7, 11) is 0. The maximum atomic E-state index is 12.0. The fourth-order valence-corrected chi connectivity index (χ4v) is 3.25. The Hall–Kier alpha value is -1.49. The molecule has 0 aromatic heterocycles. The van der Waals surface area contributed by atoms with Gasteiger partial charge in [-0.25, -0.2) is 0 Å². The van der Waals surface area contributed by atoms with E-state index < -0.39 is 11.4 Å². The molecule has 1 aromatic carbocycles. The number of hydrogen-bond acceptors (Lipinski definition) is 3. The number of nitrogens with zero attached hydrogens (tertiary/aromatic N) is 1. The van der Waals surface area contributed by atoms with Gasteiger partial charge in [-0.1, -0.05) is 30.3 Å². The van der Waals surface area contributed by atoms with Gasteiger partial charge in [0, 0.05) is 25.3 Å². The van der Waals surface area contributed by atoms with Crippen LogP contribution < -0.4 is 0 Å². The number of benzene rings is 1. The maximum Gasteiger partial charge on any atom is 0.314 e. The van der Waals surface area contributed by atoms with Crippen LogP contribution in [0.1, 0.15) is 24.8 Å². The van der Waals surface area contributed by atoms with Crippen LogP contribution in [0.25, 0.3) is 0 Å². The summed E-state index contributed by atoms with van der Waals surface area (Å²) in [5, 5.41) is 9.70. The van der Waals surface area contributed by atoms with Gasteiger partial charge in [-0.2, -0.15) is 11.8 Å². The van der Waals surface area contributed by atoms with E-state index >= 15 is 0 Å². The third-order valence-corrected chi connectivity index (χ3v) is 4.84. The zero-order valence-electron chi connectivity index (χ0n) is 12.2. The lowest BCUT2D eigenvalue weighted by molar-refractivity contribution is -0.148. The Morgan fingerprint density at radius 3 is 2.38 bits per heavy atom. The topological polar surface area (TPSA) is 57.6 Å². The summed E-state index contributed by atoms with van der Waals surface area (Å²) in [6.45, 7) is 1.04. The zero-order chi connectivity index (χ0) is 15.3. The van der Waals surface area contributed by atoms with E-state index in [1.165, 1.54) is 0 Å². The summed E-state index contributed by atoms with van der Waals surface area (Å²) in [6.07, 6.45) is 3.48. The monoisotopic (exact) mass is 307 g/mol. The van der Waals surface area contributed by atoms with Gasteiger partial charge < -0.3 is 10.0 Å². The van der Waals surface area contributed by atoms with Gasteiger partial charge in [-0.3, -0.25) is 9.59 Å². The summed E-state index contributed by atoms with van der Waals surface area (Å²) in [6, 6.07) is 9.38. The van der Waals surface area contributed by atoms with Crippen molar-refractivity contribution < 1.29 is 14.7 Å². The van der Waals surface area contributed by atoms with Crippen molar-refractivity contribution >= 4 is 23.6 Å². The van der Waals surface area contributed by atoms with Crippen LogP contribution in [-0.2, 0) is 15.0 Å². The predicted molar refractivity (Wildman–Crippen MR) is 84.6 cm³/mol. The van der Waals surface area contributed by atoms with Gasteiger partial charge in [-0.05, 0) is 24.7 Å². The quantitative estimate of drug-likeness (QED) is 0.907. The van der Waals surface area contributed by atoms with E-state index in [2.05, 4.69) is 0 Å². The van der Waals surface area contributed by atoms with Crippen LogP contribution in [0.5, 0.6) is 0 Å². The molecular formula is C16H21NO3S. The highest BCUT2D eigenvalue weighted by Gasteiger charge is 2.43. The number of aliphatic carboxylic acids is 1. The first-order valence-corrected chi connectivity index (χ1v) is 8.55. The minimum Gasteiger partial charge on any atom is -0.481 e. The number of carbonyl (C=O) groups excluding carboxylic acids is 1. The molecule has 4 nitrogen and oxygen atoms in total. The number of thioether (sulfide) groups is 1. The van der Waals surface area contributed by atoms with Crippen LogP contribution in [0, 0.1) is 0 Å². The number of amides is 1. The van der Waals surface area contributed by atoms with E-state index in [9.17, 15) is 14.7 Å². The summed E-state index contributed by atoms with van der Waals surface area (Å²) in [5.74, 6) is 0.166. The summed E-state index contributed by atoms with van der Waals surface area (Å²) in [4.78, 5) is 25.7. The van der Waals surface area contributed by atoms with Gasteiger partial charge in [0.2, 0.25) is 5.91 Å². The summed E-state index contributed by atoms with van der Waals surface area (Å²) >= 11 is 1.65. The highest BCUT2D eigenvalue weighted by atomic mass is 32.2. The fourth-order valence-electron chi connectivity index (χ4n) is 2.87. The van der Waals surface area contributed by atoms with Crippen LogP contribution in [-0.4, -0.2) is 47.0 Å². The molecule has 1 aromatic rings. The van der Waals surface area contributed by atoms with E-state index in [0.717, 1.165) is 11.3 Å². The van der Waals surface area contributed by atoms with E-state index in [1.54, 1.807) is 16.7 Å². The molecule has 0 unspecified atom stereocenters. The average Bonchev–Trinajstić information content (AvgIpc) is 2.53. The van der Waals surface area contributed by atoms with Crippen molar-refractivity contribution in [1.29, 1.82) is 0 Å². The molecule has 1 aliphatic heterocycles. The lowest BCUT2D eigenvalue weighted by Gasteiger charge is -2.39. The SMILES string of the molecule is CSCCC(=O)N1CCC(C(=O)O)(c2ccccc2)CC1. The molecule has 0 saturated carbocycles. The van der Waals surface area contributed by atoms with Gasteiger partial charge in [-0.15, -0.1) is 0 Å². The second kappa shape index (κ2) is 6.98. The van der Waals surface area contributed by atoms with E-state index in [4.69, 9.17) is 0 Å². The smallest absolute Gasteiger partial charge is 0.314 e. The molecule has 2 rings (SSSR count). The minimum atomic E-state index is -0.850. The molecule has 1 heterocycles. The molecule has 1 fully saturated rings. The molecule has 1 aliphatic rings. The van der Waals surface area contributed by atoms with Gasteiger partial charge in [0.05, 0.1) is 5.41 Å². The van der Waals surface area contributed by atoms with Crippen LogP contribution in [0.15, 0.2) is 30.3 Å².